The molecule has 0 aliphatic carbocycles. The molecule has 1 N–H and O–H groups in total. The Morgan fingerprint density at radius 1 is 1.44 bits per heavy atom. The van der Waals surface area contributed by atoms with Crippen LogP contribution in [0.15, 0.2) is 18.2 Å². The lowest BCUT2D eigenvalue weighted by Crippen LogP contribution is -2.34. The molecule has 0 aromatic heterocycles. The van der Waals surface area contributed by atoms with E-state index >= 15 is 0 Å². The van der Waals surface area contributed by atoms with E-state index in [0.717, 1.165) is 26.4 Å². The van der Waals surface area contributed by atoms with Crippen LogP contribution >= 0.6 is 38.5 Å². The Morgan fingerprint density at radius 2 is 2.11 bits per heavy atom. The van der Waals surface area contributed by atoms with Crippen LogP contribution in [0.2, 0.25) is 0 Å². The number of alkyl halides is 1. The van der Waals surface area contributed by atoms with Crippen molar-refractivity contribution in [2.75, 3.05) is 11.9 Å². The van der Waals surface area contributed by atoms with Gasteiger partial charge < -0.3 is 5.32 Å². The number of amides is 1. The van der Waals surface area contributed by atoms with Gasteiger partial charge in [0.25, 0.3) is 5.91 Å². The fourth-order valence-corrected chi connectivity index (χ4v) is 3.26. The topological polar surface area (TPSA) is 29.1 Å². The van der Waals surface area contributed by atoms with E-state index in [1.54, 1.807) is 0 Å². The van der Waals surface area contributed by atoms with E-state index < -0.39 is 0 Å². The van der Waals surface area contributed by atoms with Gasteiger partial charge in [0.15, 0.2) is 0 Å². The van der Waals surface area contributed by atoms with Crippen LogP contribution in [0.3, 0.4) is 0 Å². The summed E-state index contributed by atoms with van der Waals surface area (Å²) in [7, 11) is 0. The van der Waals surface area contributed by atoms with E-state index in [9.17, 15) is 4.79 Å². The summed E-state index contributed by atoms with van der Waals surface area (Å²) in [5.74, 6) is 0.0192. The van der Waals surface area contributed by atoms with Gasteiger partial charge in [-0.05, 0) is 53.0 Å². The summed E-state index contributed by atoms with van der Waals surface area (Å²) in [6, 6.07) is 5.82. The van der Waals surface area contributed by atoms with Crippen LogP contribution in [0, 0.1) is 15.9 Å². The number of halogens is 2. The number of rotatable bonds is 5. The lowest BCUT2D eigenvalue weighted by Gasteiger charge is -2.24. The number of hydrogen-bond acceptors (Lipinski definition) is 1. The molecule has 0 aliphatic rings. The summed E-state index contributed by atoms with van der Waals surface area (Å²) in [6.45, 7) is 7.04. The van der Waals surface area contributed by atoms with Crippen LogP contribution in [-0.2, 0) is 0 Å². The van der Waals surface area contributed by atoms with Gasteiger partial charge in [-0.2, -0.15) is 0 Å². The molecule has 100 valence electrons. The van der Waals surface area contributed by atoms with Crippen molar-refractivity contribution < 1.29 is 4.79 Å². The van der Waals surface area contributed by atoms with E-state index in [-0.39, 0.29) is 11.3 Å². The van der Waals surface area contributed by atoms with Gasteiger partial charge in [0.1, 0.15) is 0 Å². The van der Waals surface area contributed by atoms with Crippen molar-refractivity contribution in [3.63, 3.8) is 0 Å². The molecular formula is C14H19BrINO. The highest BCUT2D eigenvalue weighted by molar-refractivity contribution is 14.1. The zero-order valence-electron chi connectivity index (χ0n) is 11.0. The summed E-state index contributed by atoms with van der Waals surface area (Å²) in [5.41, 5.74) is 2.03. The first-order valence-electron chi connectivity index (χ1n) is 5.97. The number of carbonyl (C=O) groups excluding carboxylic acids is 1. The molecule has 4 heteroatoms. The summed E-state index contributed by atoms with van der Waals surface area (Å²) < 4.78 is 1.03. The first-order valence-corrected chi connectivity index (χ1v) is 8.17. The van der Waals surface area contributed by atoms with Gasteiger partial charge in [0.2, 0.25) is 0 Å². The Bertz CT molecular complexity index is 432. The van der Waals surface area contributed by atoms with E-state index in [1.165, 1.54) is 0 Å². The smallest absolute Gasteiger partial charge is 0.252 e. The molecule has 0 fully saturated rings. The largest absolute Gasteiger partial charge is 0.351 e. The minimum atomic E-state index is 0.0192. The van der Waals surface area contributed by atoms with Gasteiger partial charge >= 0.3 is 0 Å². The molecule has 0 radical (unpaired) electrons. The number of hydrogen-bond donors (Lipinski definition) is 1. The number of benzene rings is 1. The van der Waals surface area contributed by atoms with Crippen LogP contribution in [0.4, 0.5) is 0 Å². The minimum absolute atomic E-state index is 0.0192. The molecule has 1 aromatic rings. The van der Waals surface area contributed by atoms with Crippen LogP contribution in [0.1, 0.15) is 36.2 Å². The average Bonchev–Trinajstić information content (AvgIpc) is 2.30. The Hall–Kier alpha value is -0.100. The van der Waals surface area contributed by atoms with Crippen molar-refractivity contribution in [3.8, 4) is 0 Å². The quantitative estimate of drug-likeness (QED) is 0.559. The lowest BCUT2D eigenvalue weighted by molar-refractivity contribution is 0.0935. The first-order chi connectivity index (χ1) is 8.37. The molecule has 1 amide bonds. The predicted octanol–water partition coefficient (Wildman–Crippen LogP) is 4.14. The molecule has 0 saturated carbocycles. The second kappa shape index (κ2) is 6.89. The van der Waals surface area contributed by atoms with Gasteiger partial charge in [-0.1, -0.05) is 41.9 Å². The number of nitrogens with one attached hydrogen (secondary N) is 1. The van der Waals surface area contributed by atoms with Crippen molar-refractivity contribution in [3.05, 3.63) is 32.9 Å². The summed E-state index contributed by atoms with van der Waals surface area (Å²) >= 11 is 5.67. The van der Waals surface area contributed by atoms with E-state index in [4.69, 9.17) is 0 Å². The zero-order valence-corrected chi connectivity index (χ0v) is 14.8. The van der Waals surface area contributed by atoms with Crippen molar-refractivity contribution in [2.45, 2.75) is 27.2 Å². The third-order valence-corrected chi connectivity index (χ3v) is 4.76. The zero-order chi connectivity index (χ0) is 13.8. The molecule has 0 saturated heterocycles. The summed E-state index contributed by atoms with van der Waals surface area (Å²) in [6.07, 6.45) is 1.04. The molecule has 0 aliphatic heterocycles. The van der Waals surface area contributed by atoms with Gasteiger partial charge in [-0.3, -0.25) is 4.79 Å². The van der Waals surface area contributed by atoms with Crippen molar-refractivity contribution in [1.82, 2.24) is 5.32 Å². The molecule has 2 nitrogen and oxygen atoms in total. The molecule has 18 heavy (non-hydrogen) atoms. The third kappa shape index (κ3) is 4.53. The maximum atomic E-state index is 12.1. The summed E-state index contributed by atoms with van der Waals surface area (Å²) in [5, 5.41) is 3.98. The molecular weight excluding hydrogens is 405 g/mol. The monoisotopic (exact) mass is 423 g/mol. The van der Waals surface area contributed by atoms with Crippen LogP contribution in [-0.4, -0.2) is 17.8 Å². The lowest BCUT2D eigenvalue weighted by atomic mass is 9.90. The minimum Gasteiger partial charge on any atom is -0.351 e. The molecule has 0 unspecified atom stereocenters. The maximum absolute atomic E-state index is 12.1. The van der Waals surface area contributed by atoms with Gasteiger partial charge in [-0.15, -0.1) is 0 Å². The van der Waals surface area contributed by atoms with Crippen LogP contribution in [0.5, 0.6) is 0 Å². The van der Waals surface area contributed by atoms with Crippen molar-refractivity contribution in [1.29, 1.82) is 0 Å². The number of carbonyl (C=O) groups is 1. The van der Waals surface area contributed by atoms with E-state index in [1.807, 2.05) is 25.1 Å². The third-order valence-electron chi connectivity index (χ3n) is 2.94. The van der Waals surface area contributed by atoms with Crippen molar-refractivity contribution >= 4 is 44.4 Å². The fraction of sp³-hybridized carbons (Fsp3) is 0.500. The summed E-state index contributed by atoms with van der Waals surface area (Å²) in [4.78, 5) is 12.1. The highest BCUT2D eigenvalue weighted by Gasteiger charge is 2.19. The molecule has 1 aromatic carbocycles. The molecule has 1 rings (SSSR count). The molecule has 0 bridgehead atoms. The highest BCUT2D eigenvalue weighted by Crippen LogP contribution is 2.21. The standard InChI is InChI=1S/C14H19BrINO/c1-10-5-4-6-11(12(10)16)13(18)17-9-14(2,3)7-8-15/h4-6H,7-9H2,1-3H3,(H,17,18). The fourth-order valence-electron chi connectivity index (χ4n) is 1.58. The van der Waals surface area contributed by atoms with Crippen molar-refractivity contribution in [2.24, 2.45) is 5.41 Å². The highest BCUT2D eigenvalue weighted by atomic mass is 127. The van der Waals surface area contributed by atoms with Gasteiger partial charge in [0, 0.05) is 15.4 Å². The van der Waals surface area contributed by atoms with E-state index in [0.29, 0.717) is 6.54 Å². The van der Waals surface area contributed by atoms with Crippen LogP contribution in [0.25, 0.3) is 0 Å². The Balaban J connectivity index is 2.69. The first kappa shape index (κ1) is 16.0. The Morgan fingerprint density at radius 3 is 2.72 bits per heavy atom. The second-order valence-electron chi connectivity index (χ2n) is 5.22. The Kier molecular flexibility index (Phi) is 6.11. The average molecular weight is 424 g/mol. The number of aryl methyl sites for hydroxylation is 1. The van der Waals surface area contributed by atoms with Gasteiger partial charge in [0.05, 0.1) is 5.56 Å². The van der Waals surface area contributed by atoms with E-state index in [2.05, 4.69) is 57.7 Å². The normalized spacial score (nSPS) is 11.4. The Labute approximate surface area is 131 Å². The predicted molar refractivity (Wildman–Crippen MR) is 88.4 cm³/mol. The van der Waals surface area contributed by atoms with Crippen LogP contribution < -0.4 is 5.32 Å². The maximum Gasteiger partial charge on any atom is 0.252 e. The second-order valence-corrected chi connectivity index (χ2v) is 7.09. The van der Waals surface area contributed by atoms with Gasteiger partial charge in [-0.25, -0.2) is 0 Å². The molecule has 0 atom stereocenters. The SMILES string of the molecule is Cc1cccc(C(=O)NCC(C)(C)CCBr)c1I. The molecule has 0 heterocycles. The molecule has 0 spiro atoms.